The Bertz CT molecular complexity index is 2370. The van der Waals surface area contributed by atoms with Gasteiger partial charge in [0.2, 0.25) is 0 Å². The lowest BCUT2D eigenvalue weighted by atomic mass is 9.92. The molecule has 316 valence electrons. The van der Waals surface area contributed by atoms with Crippen molar-refractivity contribution >= 4 is 43.3 Å². The molecule has 0 aliphatic carbocycles. The summed E-state index contributed by atoms with van der Waals surface area (Å²) in [5.74, 6) is -0.792. The molecule has 2 aromatic carbocycles. The average Bonchev–Trinajstić information content (AvgIpc) is 3.69. The number of aryl methyl sites for hydroxylation is 2. The van der Waals surface area contributed by atoms with Gasteiger partial charge in [0.05, 0.1) is 0 Å². The van der Waals surface area contributed by atoms with E-state index in [0.29, 0.717) is 22.6 Å². The molecule has 2 aromatic heterocycles. The molecule has 2 amide bonds. The number of nitriles is 1. The van der Waals surface area contributed by atoms with E-state index in [2.05, 4.69) is 15.5 Å². The second kappa shape index (κ2) is 19.8. The van der Waals surface area contributed by atoms with Crippen LogP contribution >= 0.6 is 0 Å². The zero-order valence-electron chi connectivity index (χ0n) is 34.4. The first-order valence-corrected chi connectivity index (χ1v) is 20.8. The van der Waals surface area contributed by atoms with Gasteiger partial charge in [-0.15, -0.1) is 5.26 Å². The van der Waals surface area contributed by atoms with E-state index in [1.54, 1.807) is 6.26 Å². The number of benzene rings is 2. The lowest BCUT2D eigenvalue weighted by Gasteiger charge is -2.20. The van der Waals surface area contributed by atoms with Gasteiger partial charge in [0.25, 0.3) is 26.3 Å². The fourth-order valence-electron chi connectivity index (χ4n) is 5.49. The zero-order valence-corrected chi connectivity index (χ0v) is 36.1. The van der Waals surface area contributed by atoms with Crippen molar-refractivity contribution in [3.63, 3.8) is 0 Å². The second-order valence-electron chi connectivity index (χ2n) is 14.4. The summed E-state index contributed by atoms with van der Waals surface area (Å²) in [6.07, 6.45) is 1.67. The molecule has 4 N–H and O–H groups in total. The number of sulfonamides is 2. The van der Waals surface area contributed by atoms with Crippen LogP contribution in [0.25, 0.3) is 0 Å². The molecule has 0 atom stereocenters. The van der Waals surface area contributed by atoms with E-state index >= 15 is 0 Å². The number of anilines is 1. The van der Waals surface area contributed by atoms with Crippen LogP contribution < -0.4 is 19.9 Å². The number of ketones is 2. The predicted molar refractivity (Wildman–Crippen MR) is 213 cm³/mol. The number of nitrogens with two attached hydrogens (primary N) is 1. The Morgan fingerprint density at radius 1 is 0.707 bits per heavy atom. The molecular formula is C38H50F2N8O8S2. The highest BCUT2D eigenvalue weighted by Gasteiger charge is 2.26. The average molecular weight is 849 g/mol. The first-order chi connectivity index (χ1) is 26.6. The normalized spacial score (nSPS) is 11.4. The minimum atomic E-state index is -4.31. The van der Waals surface area contributed by atoms with Crippen LogP contribution in [0.5, 0.6) is 5.75 Å². The Morgan fingerprint density at radius 3 is 1.38 bits per heavy atom. The number of aromatic nitrogens is 4. The van der Waals surface area contributed by atoms with Crippen molar-refractivity contribution in [1.82, 2.24) is 24.3 Å². The predicted octanol–water partition coefficient (Wildman–Crippen LogP) is 6.72. The van der Waals surface area contributed by atoms with Crippen molar-refractivity contribution in [1.29, 1.82) is 5.26 Å². The van der Waals surface area contributed by atoms with Crippen LogP contribution in [0.1, 0.15) is 136 Å². The van der Waals surface area contributed by atoms with Gasteiger partial charge in [-0.3, -0.25) is 19.0 Å². The van der Waals surface area contributed by atoms with E-state index < -0.39 is 36.9 Å². The van der Waals surface area contributed by atoms with Gasteiger partial charge in [0.1, 0.15) is 28.8 Å². The van der Waals surface area contributed by atoms with E-state index in [1.165, 1.54) is 56.9 Å². The fourth-order valence-corrected chi connectivity index (χ4v) is 6.90. The second-order valence-corrected chi connectivity index (χ2v) is 17.5. The van der Waals surface area contributed by atoms with Crippen molar-refractivity contribution < 1.29 is 44.7 Å². The van der Waals surface area contributed by atoms with Crippen LogP contribution in [-0.4, -0.2) is 54.0 Å². The van der Waals surface area contributed by atoms with Crippen LogP contribution in [0.2, 0.25) is 0 Å². The fraction of sp³-hybridized carbons (Fsp3) is 0.421. The van der Waals surface area contributed by atoms with Crippen molar-refractivity contribution in [2.75, 3.05) is 5.32 Å². The van der Waals surface area contributed by atoms with Gasteiger partial charge >= 0.3 is 6.03 Å². The van der Waals surface area contributed by atoms with Crippen molar-refractivity contribution in [3.8, 4) is 12.0 Å². The number of primary sulfonamides is 1. The molecule has 0 aliphatic rings. The minimum Gasteiger partial charge on any atom is -0.387 e. The number of Topliss-reactive ketones (excluding diaryl/α,β-unsaturated/α-hetero) is 2. The summed E-state index contributed by atoms with van der Waals surface area (Å²) in [5, 5.41) is 22.6. The summed E-state index contributed by atoms with van der Waals surface area (Å²) in [6.45, 7) is 17.8. The van der Waals surface area contributed by atoms with Crippen molar-refractivity contribution in [2.45, 2.75) is 103 Å². The number of carbonyl (C=O) groups excluding carboxylic acids is 3. The maximum absolute atomic E-state index is 14.0. The Kier molecular flexibility index (Phi) is 16.6. The highest BCUT2D eigenvalue weighted by atomic mass is 32.2. The molecule has 0 bridgehead atoms. The maximum atomic E-state index is 14.0. The third-order valence-corrected chi connectivity index (χ3v) is 10.4. The topological polar surface area (TPSA) is 238 Å². The number of carbonyl (C=O) groups is 3. The molecule has 4 aromatic rings. The first kappa shape index (κ1) is 48.6. The minimum absolute atomic E-state index is 0.0912. The maximum Gasteiger partial charge on any atom is 0.333 e. The largest absolute Gasteiger partial charge is 0.387 e. The highest BCUT2D eigenvalue weighted by molar-refractivity contribution is 7.90. The number of nitrogens with zero attached hydrogens (tertiary/aromatic N) is 5. The lowest BCUT2D eigenvalue weighted by molar-refractivity contribution is 0.0996. The number of hydrogen-bond acceptors (Lipinski definition) is 11. The first-order valence-electron chi connectivity index (χ1n) is 17.8. The zero-order chi connectivity index (χ0) is 44.6. The van der Waals surface area contributed by atoms with Crippen LogP contribution in [-0.2, 0) is 34.1 Å². The Morgan fingerprint density at radius 2 is 1.07 bits per heavy atom. The van der Waals surface area contributed by atoms with Gasteiger partial charge in [0, 0.05) is 56.9 Å². The van der Waals surface area contributed by atoms with Gasteiger partial charge in [-0.2, -0.15) is 18.6 Å². The number of urea groups is 1. The number of amides is 2. The molecule has 0 fully saturated rings. The van der Waals surface area contributed by atoms with Gasteiger partial charge in [-0.25, -0.2) is 31.9 Å². The van der Waals surface area contributed by atoms with E-state index in [4.69, 9.17) is 15.1 Å². The summed E-state index contributed by atoms with van der Waals surface area (Å²) >= 11 is 0. The van der Waals surface area contributed by atoms with Crippen LogP contribution in [0, 0.1) is 23.2 Å². The summed E-state index contributed by atoms with van der Waals surface area (Å²) in [5.41, 5.74) is 3.26. The van der Waals surface area contributed by atoms with Gasteiger partial charge < -0.3 is 10.1 Å². The third kappa shape index (κ3) is 12.7. The van der Waals surface area contributed by atoms with E-state index in [9.17, 15) is 40.0 Å². The van der Waals surface area contributed by atoms with Gasteiger partial charge in [-0.05, 0) is 59.1 Å². The molecule has 20 heteroatoms. The van der Waals surface area contributed by atoms with Gasteiger partial charge in [-0.1, -0.05) is 55.4 Å². The lowest BCUT2D eigenvalue weighted by Crippen LogP contribution is -2.35. The number of ether oxygens (including phenoxy) is 1. The van der Waals surface area contributed by atoms with E-state index in [0.717, 1.165) is 27.9 Å². The molecule has 0 radical (unpaired) electrons. The molecule has 0 saturated carbocycles. The molecule has 0 spiro atoms. The summed E-state index contributed by atoms with van der Waals surface area (Å²) in [4.78, 5) is 34.9. The number of halogens is 2. The van der Waals surface area contributed by atoms with E-state index in [1.807, 2.05) is 60.1 Å². The van der Waals surface area contributed by atoms with Crippen molar-refractivity contribution in [3.05, 3.63) is 81.7 Å². The third-order valence-electron chi connectivity index (χ3n) is 8.38. The molecule has 4 rings (SSSR count). The number of rotatable bonds is 11. The monoisotopic (exact) mass is 848 g/mol. The highest BCUT2D eigenvalue weighted by Crippen LogP contribution is 2.36. The summed E-state index contributed by atoms with van der Waals surface area (Å²) in [6, 6.07) is 6.74. The molecule has 16 nitrogen and oxygen atoms in total. The van der Waals surface area contributed by atoms with Crippen LogP contribution in [0.15, 0.2) is 46.5 Å². The molecule has 0 unspecified atom stereocenters. The number of nitrogens with one attached hydrogen (secondary N) is 2. The number of hydrogen-bond donors (Lipinski definition) is 3. The van der Waals surface area contributed by atoms with Crippen molar-refractivity contribution in [2.24, 2.45) is 19.2 Å². The Hall–Kier alpha value is -5.52. The standard InChI is InChI=1S/C19H25FN4O4S.C13H16FNO.C6H9N3O3S/c1-10(2)14-7-13(20)8-15(11(3)4)18(14)21-19(26)23-29(27,28)17-9-16(12(5)25)24(6)22-17;1-8(2)11-5-10(14)6-12(9(3)4)13(11)16-7-15;1-4(10)5-3-6(8-9(5)2)13(7,11)12/h7-11H,1-6H3,(H2,21,23,26);5-6,8-9H,1-4H3;3H,1-2H3,(H2,7,11,12). The molecule has 0 aliphatic heterocycles. The van der Waals surface area contributed by atoms with E-state index in [-0.39, 0.29) is 57.5 Å². The smallest absolute Gasteiger partial charge is 0.333 e. The quantitative estimate of drug-likeness (QED) is 0.106. The SMILES string of the molecule is CC(=O)c1cc(S(=O)(=O)NC(=O)Nc2c(C(C)C)cc(F)cc2C(C)C)nn1C.CC(=O)c1cc(S(N)(=O)=O)nn1C.CC(C)c1cc(F)cc(C(C)C)c1OC#N. The molecule has 58 heavy (non-hydrogen) atoms. The van der Waals surface area contributed by atoms with Gasteiger partial charge in [0.15, 0.2) is 21.6 Å². The summed E-state index contributed by atoms with van der Waals surface area (Å²) in [7, 11) is -5.23. The van der Waals surface area contributed by atoms with Crippen LogP contribution in [0.4, 0.5) is 19.3 Å². The molecule has 2 heterocycles. The Labute approximate surface area is 337 Å². The molecular weight excluding hydrogens is 799 g/mol. The summed E-state index contributed by atoms with van der Waals surface area (Å²) < 4.78 is 83.2. The Balaban J connectivity index is 0.000000335. The molecule has 0 saturated heterocycles. The van der Waals surface area contributed by atoms with Crippen LogP contribution in [0.3, 0.4) is 0 Å².